The summed E-state index contributed by atoms with van der Waals surface area (Å²) in [5, 5.41) is 13.6. The smallest absolute Gasteiger partial charge is 0.139 e. The Labute approximate surface area is 125 Å². The highest BCUT2D eigenvalue weighted by atomic mass is 16.5. The average Bonchev–Trinajstić information content (AvgIpc) is 2.49. The Morgan fingerprint density at radius 1 is 1.19 bits per heavy atom. The maximum absolute atomic E-state index is 10.1. The lowest BCUT2D eigenvalue weighted by Gasteiger charge is -2.33. The van der Waals surface area contributed by atoms with Crippen LogP contribution in [-0.4, -0.2) is 11.7 Å². The first-order valence-corrected chi connectivity index (χ1v) is 7.45. The first kappa shape index (κ1) is 14.0. The highest BCUT2D eigenvalue weighted by Gasteiger charge is 2.29. The lowest BCUT2D eigenvalue weighted by Crippen LogP contribution is -2.23. The predicted octanol–water partition coefficient (Wildman–Crippen LogP) is 4.34. The SMILES string of the molecule is CCO[C@H]1C[C@@H](c2ccc(C)cc2)Nc2c(O)cccc21. The van der Waals surface area contributed by atoms with Gasteiger partial charge >= 0.3 is 0 Å². The second kappa shape index (κ2) is 5.78. The molecule has 2 N–H and O–H groups in total. The van der Waals surface area contributed by atoms with E-state index in [0.717, 1.165) is 17.7 Å². The van der Waals surface area contributed by atoms with Gasteiger partial charge in [0.25, 0.3) is 0 Å². The lowest BCUT2D eigenvalue weighted by atomic mass is 9.90. The molecule has 0 fully saturated rings. The standard InChI is InChI=1S/C18H21NO2/c1-3-21-17-11-15(13-9-7-12(2)8-10-13)19-18-14(17)5-4-6-16(18)20/h4-10,15,17,19-20H,3,11H2,1-2H3/t15-,17-/m0/s1. The zero-order chi connectivity index (χ0) is 14.8. The molecule has 2 atom stereocenters. The molecule has 1 aliphatic rings. The van der Waals surface area contributed by atoms with Gasteiger partial charge in [-0.3, -0.25) is 0 Å². The van der Waals surface area contributed by atoms with Crippen molar-refractivity contribution in [1.82, 2.24) is 0 Å². The van der Waals surface area contributed by atoms with Crippen LogP contribution in [0.5, 0.6) is 5.75 Å². The normalized spacial score (nSPS) is 20.7. The molecule has 2 aromatic rings. The van der Waals surface area contributed by atoms with Gasteiger partial charge in [-0.2, -0.15) is 0 Å². The molecule has 0 bridgehead atoms. The monoisotopic (exact) mass is 283 g/mol. The van der Waals surface area contributed by atoms with Crippen LogP contribution in [0.1, 0.15) is 42.2 Å². The maximum atomic E-state index is 10.1. The van der Waals surface area contributed by atoms with Crippen molar-refractivity contribution in [3.63, 3.8) is 0 Å². The third-order valence-electron chi connectivity index (χ3n) is 4.04. The van der Waals surface area contributed by atoms with Crippen LogP contribution >= 0.6 is 0 Å². The molecule has 1 heterocycles. The Balaban J connectivity index is 1.96. The minimum atomic E-state index is 0.0182. The number of anilines is 1. The third-order valence-corrected chi connectivity index (χ3v) is 4.04. The molecule has 3 heteroatoms. The topological polar surface area (TPSA) is 41.5 Å². The van der Waals surface area contributed by atoms with Crippen molar-refractivity contribution in [1.29, 1.82) is 0 Å². The molecular formula is C18H21NO2. The molecule has 0 saturated heterocycles. The van der Waals surface area contributed by atoms with Crippen LogP contribution in [-0.2, 0) is 4.74 Å². The van der Waals surface area contributed by atoms with Crippen LogP contribution in [0, 0.1) is 6.92 Å². The van der Waals surface area contributed by atoms with Crippen molar-refractivity contribution in [2.45, 2.75) is 32.4 Å². The van der Waals surface area contributed by atoms with Crippen molar-refractivity contribution in [3.8, 4) is 5.75 Å². The second-order valence-electron chi connectivity index (χ2n) is 5.53. The van der Waals surface area contributed by atoms with E-state index >= 15 is 0 Å². The fourth-order valence-corrected chi connectivity index (χ4v) is 2.93. The summed E-state index contributed by atoms with van der Waals surface area (Å²) in [4.78, 5) is 0. The molecule has 0 amide bonds. The summed E-state index contributed by atoms with van der Waals surface area (Å²) in [5.41, 5.74) is 4.31. The summed E-state index contributed by atoms with van der Waals surface area (Å²) in [6.45, 7) is 4.76. The van der Waals surface area contributed by atoms with Gasteiger partial charge in [0.05, 0.1) is 17.8 Å². The second-order valence-corrected chi connectivity index (χ2v) is 5.53. The molecule has 0 spiro atoms. The van der Waals surface area contributed by atoms with Crippen LogP contribution in [0.4, 0.5) is 5.69 Å². The van der Waals surface area contributed by atoms with Gasteiger partial charge in [0.1, 0.15) is 5.75 Å². The molecule has 110 valence electrons. The fourth-order valence-electron chi connectivity index (χ4n) is 2.93. The van der Waals surface area contributed by atoms with E-state index in [0.29, 0.717) is 6.61 Å². The molecule has 21 heavy (non-hydrogen) atoms. The zero-order valence-electron chi connectivity index (χ0n) is 12.5. The number of para-hydroxylation sites is 1. The van der Waals surface area contributed by atoms with E-state index in [9.17, 15) is 5.11 Å². The maximum Gasteiger partial charge on any atom is 0.139 e. The van der Waals surface area contributed by atoms with Crippen LogP contribution in [0.25, 0.3) is 0 Å². The van der Waals surface area contributed by atoms with Gasteiger partial charge in [-0.15, -0.1) is 0 Å². The van der Waals surface area contributed by atoms with Gasteiger partial charge in [0.15, 0.2) is 0 Å². The number of fused-ring (bicyclic) bond motifs is 1. The average molecular weight is 283 g/mol. The van der Waals surface area contributed by atoms with Crippen LogP contribution in [0.3, 0.4) is 0 Å². The van der Waals surface area contributed by atoms with Crippen molar-refractivity contribution in [2.24, 2.45) is 0 Å². The van der Waals surface area contributed by atoms with Gasteiger partial charge in [0, 0.05) is 18.6 Å². The Morgan fingerprint density at radius 3 is 2.67 bits per heavy atom. The van der Waals surface area contributed by atoms with E-state index in [4.69, 9.17) is 4.74 Å². The van der Waals surface area contributed by atoms with E-state index in [-0.39, 0.29) is 17.9 Å². The number of aryl methyl sites for hydroxylation is 1. The zero-order valence-corrected chi connectivity index (χ0v) is 12.5. The molecular weight excluding hydrogens is 262 g/mol. The number of ether oxygens (including phenoxy) is 1. The molecule has 3 rings (SSSR count). The molecule has 0 radical (unpaired) electrons. The minimum absolute atomic E-state index is 0.0182. The van der Waals surface area contributed by atoms with Gasteiger partial charge < -0.3 is 15.2 Å². The molecule has 0 unspecified atom stereocenters. The first-order chi connectivity index (χ1) is 10.2. The lowest BCUT2D eigenvalue weighted by molar-refractivity contribution is 0.0497. The summed E-state index contributed by atoms with van der Waals surface area (Å²) >= 11 is 0. The number of hydrogen-bond donors (Lipinski definition) is 2. The quantitative estimate of drug-likeness (QED) is 0.824. The van der Waals surface area contributed by atoms with Crippen molar-refractivity contribution >= 4 is 5.69 Å². The van der Waals surface area contributed by atoms with Gasteiger partial charge in [0.2, 0.25) is 0 Å². The number of phenolic OH excluding ortho intramolecular Hbond substituents is 1. The number of hydrogen-bond acceptors (Lipinski definition) is 3. The molecule has 0 aromatic heterocycles. The minimum Gasteiger partial charge on any atom is -0.506 e. The molecule has 3 nitrogen and oxygen atoms in total. The van der Waals surface area contributed by atoms with E-state index in [1.807, 2.05) is 19.1 Å². The van der Waals surface area contributed by atoms with Crippen molar-refractivity contribution < 1.29 is 9.84 Å². The van der Waals surface area contributed by atoms with E-state index in [1.54, 1.807) is 6.07 Å². The highest BCUT2D eigenvalue weighted by molar-refractivity contribution is 5.64. The van der Waals surface area contributed by atoms with Crippen molar-refractivity contribution in [3.05, 3.63) is 59.2 Å². The highest BCUT2D eigenvalue weighted by Crippen LogP contribution is 2.44. The Morgan fingerprint density at radius 2 is 1.95 bits per heavy atom. The number of phenols is 1. The summed E-state index contributed by atoms with van der Waals surface area (Å²) in [6, 6.07) is 14.3. The summed E-state index contributed by atoms with van der Waals surface area (Å²) in [6.07, 6.45) is 0.887. The summed E-state index contributed by atoms with van der Waals surface area (Å²) in [7, 11) is 0. The predicted molar refractivity (Wildman–Crippen MR) is 84.6 cm³/mol. The summed E-state index contributed by atoms with van der Waals surface area (Å²) < 4.78 is 5.89. The third kappa shape index (κ3) is 2.74. The van der Waals surface area contributed by atoms with Crippen LogP contribution < -0.4 is 5.32 Å². The Hall–Kier alpha value is -2.00. The molecule has 0 saturated carbocycles. The number of rotatable bonds is 3. The van der Waals surface area contributed by atoms with Gasteiger partial charge in [-0.25, -0.2) is 0 Å². The number of aromatic hydroxyl groups is 1. The largest absolute Gasteiger partial charge is 0.506 e. The van der Waals surface area contributed by atoms with Gasteiger partial charge in [-0.05, 0) is 25.5 Å². The summed E-state index contributed by atoms with van der Waals surface area (Å²) in [5.74, 6) is 0.286. The Kier molecular flexibility index (Phi) is 3.84. The number of benzene rings is 2. The van der Waals surface area contributed by atoms with Crippen LogP contribution in [0.15, 0.2) is 42.5 Å². The molecule has 1 aliphatic heterocycles. The van der Waals surface area contributed by atoms with E-state index < -0.39 is 0 Å². The van der Waals surface area contributed by atoms with E-state index in [2.05, 4.69) is 36.5 Å². The molecule has 0 aliphatic carbocycles. The molecule has 2 aromatic carbocycles. The Bertz CT molecular complexity index is 622. The number of nitrogens with one attached hydrogen (secondary N) is 1. The van der Waals surface area contributed by atoms with E-state index in [1.165, 1.54) is 11.1 Å². The van der Waals surface area contributed by atoms with Crippen LogP contribution in [0.2, 0.25) is 0 Å². The first-order valence-electron chi connectivity index (χ1n) is 7.45. The fraction of sp³-hybridized carbons (Fsp3) is 0.333. The van der Waals surface area contributed by atoms with Gasteiger partial charge in [-0.1, -0.05) is 42.0 Å². The van der Waals surface area contributed by atoms with Crippen molar-refractivity contribution in [2.75, 3.05) is 11.9 Å².